The predicted molar refractivity (Wildman–Crippen MR) is 62.2 cm³/mol. The molecule has 72 valence electrons. The minimum atomic E-state index is 1.09. The van der Waals surface area contributed by atoms with Gasteiger partial charge in [0.15, 0.2) is 0 Å². The summed E-state index contributed by atoms with van der Waals surface area (Å²) >= 11 is 0. The zero-order chi connectivity index (χ0) is 9.97. The van der Waals surface area contributed by atoms with Gasteiger partial charge in [0.05, 0.1) is 0 Å². The number of H-pyrrole nitrogens is 1. The SMILES string of the molecule is CC=C(CC)c1ccc2cc[nH]c2c1. The van der Waals surface area contributed by atoms with E-state index in [1.165, 1.54) is 22.0 Å². The molecule has 14 heavy (non-hydrogen) atoms. The second-order valence-corrected chi connectivity index (χ2v) is 3.45. The lowest BCUT2D eigenvalue weighted by Crippen LogP contribution is -1.82. The molecule has 1 N–H and O–H groups in total. The second-order valence-electron chi connectivity index (χ2n) is 3.45. The first-order valence-electron chi connectivity index (χ1n) is 5.08. The van der Waals surface area contributed by atoms with Crippen LogP contribution in [-0.2, 0) is 0 Å². The Morgan fingerprint density at radius 1 is 1.36 bits per heavy atom. The topological polar surface area (TPSA) is 15.8 Å². The van der Waals surface area contributed by atoms with Crippen molar-refractivity contribution >= 4 is 16.5 Å². The highest BCUT2D eigenvalue weighted by molar-refractivity contribution is 5.83. The van der Waals surface area contributed by atoms with Crippen LogP contribution in [0.1, 0.15) is 25.8 Å². The molecule has 1 aromatic heterocycles. The van der Waals surface area contributed by atoms with Gasteiger partial charge in [-0.2, -0.15) is 0 Å². The first kappa shape index (κ1) is 9.07. The Kier molecular flexibility index (Phi) is 2.40. The van der Waals surface area contributed by atoms with Crippen molar-refractivity contribution in [3.8, 4) is 0 Å². The van der Waals surface area contributed by atoms with Gasteiger partial charge in [-0.15, -0.1) is 0 Å². The Labute approximate surface area is 84.5 Å². The molecular formula is C13H15N. The van der Waals surface area contributed by atoms with Crippen molar-refractivity contribution < 1.29 is 0 Å². The second kappa shape index (κ2) is 3.70. The van der Waals surface area contributed by atoms with E-state index < -0.39 is 0 Å². The first-order valence-corrected chi connectivity index (χ1v) is 5.08. The molecule has 0 amide bonds. The van der Waals surface area contributed by atoms with E-state index in [2.05, 4.69) is 49.2 Å². The zero-order valence-electron chi connectivity index (χ0n) is 8.67. The molecular weight excluding hydrogens is 170 g/mol. The zero-order valence-corrected chi connectivity index (χ0v) is 8.67. The van der Waals surface area contributed by atoms with E-state index in [0.29, 0.717) is 0 Å². The van der Waals surface area contributed by atoms with E-state index in [1.54, 1.807) is 0 Å². The summed E-state index contributed by atoms with van der Waals surface area (Å²) in [7, 11) is 0. The van der Waals surface area contributed by atoms with Gasteiger partial charge in [0.2, 0.25) is 0 Å². The van der Waals surface area contributed by atoms with Crippen molar-refractivity contribution in [1.82, 2.24) is 4.98 Å². The Morgan fingerprint density at radius 2 is 2.21 bits per heavy atom. The van der Waals surface area contributed by atoms with Crippen molar-refractivity contribution in [2.24, 2.45) is 0 Å². The maximum absolute atomic E-state index is 3.24. The van der Waals surface area contributed by atoms with Crippen LogP contribution in [0.25, 0.3) is 16.5 Å². The normalized spacial score (nSPS) is 12.3. The van der Waals surface area contributed by atoms with Crippen LogP contribution in [0, 0.1) is 0 Å². The Hall–Kier alpha value is -1.50. The Balaban J connectivity index is 2.53. The molecule has 1 aromatic carbocycles. The molecule has 0 aliphatic carbocycles. The van der Waals surface area contributed by atoms with Gasteiger partial charge in [-0.25, -0.2) is 0 Å². The van der Waals surface area contributed by atoms with Crippen LogP contribution in [0.2, 0.25) is 0 Å². The summed E-state index contributed by atoms with van der Waals surface area (Å²) in [4.78, 5) is 3.24. The maximum atomic E-state index is 3.24. The molecule has 1 nitrogen and oxygen atoms in total. The van der Waals surface area contributed by atoms with Crippen molar-refractivity contribution in [3.63, 3.8) is 0 Å². The number of nitrogens with one attached hydrogen (secondary N) is 1. The van der Waals surface area contributed by atoms with Crippen LogP contribution in [0.5, 0.6) is 0 Å². The first-order chi connectivity index (χ1) is 6.85. The smallest absolute Gasteiger partial charge is 0.0460 e. The van der Waals surface area contributed by atoms with E-state index in [1.807, 2.05) is 6.20 Å². The minimum absolute atomic E-state index is 1.09. The van der Waals surface area contributed by atoms with E-state index in [4.69, 9.17) is 0 Å². The van der Waals surface area contributed by atoms with Gasteiger partial charge in [0.1, 0.15) is 0 Å². The highest BCUT2D eigenvalue weighted by Gasteiger charge is 2.00. The van der Waals surface area contributed by atoms with Gasteiger partial charge in [-0.1, -0.05) is 25.1 Å². The summed E-state index contributed by atoms with van der Waals surface area (Å²) in [5.74, 6) is 0. The molecule has 0 spiro atoms. The van der Waals surface area contributed by atoms with Gasteiger partial charge in [-0.3, -0.25) is 0 Å². The van der Waals surface area contributed by atoms with Crippen molar-refractivity contribution in [2.75, 3.05) is 0 Å². The van der Waals surface area contributed by atoms with E-state index in [9.17, 15) is 0 Å². The fourth-order valence-corrected chi connectivity index (χ4v) is 1.82. The van der Waals surface area contributed by atoms with Crippen molar-refractivity contribution in [1.29, 1.82) is 0 Å². The van der Waals surface area contributed by atoms with E-state index in [0.717, 1.165) is 6.42 Å². The van der Waals surface area contributed by atoms with Gasteiger partial charge in [0.25, 0.3) is 0 Å². The third-order valence-corrected chi connectivity index (χ3v) is 2.66. The monoisotopic (exact) mass is 185 g/mol. The molecule has 0 fully saturated rings. The van der Waals surface area contributed by atoms with Crippen LogP contribution in [0.4, 0.5) is 0 Å². The summed E-state index contributed by atoms with van der Waals surface area (Å²) < 4.78 is 0. The third kappa shape index (κ3) is 1.46. The highest BCUT2D eigenvalue weighted by atomic mass is 14.7. The lowest BCUT2D eigenvalue weighted by molar-refractivity contribution is 1.23. The largest absolute Gasteiger partial charge is 0.361 e. The average molecular weight is 185 g/mol. The molecule has 0 saturated carbocycles. The van der Waals surface area contributed by atoms with Crippen LogP contribution < -0.4 is 0 Å². The molecule has 2 aromatic rings. The molecule has 0 aliphatic rings. The number of fused-ring (bicyclic) bond motifs is 1. The minimum Gasteiger partial charge on any atom is -0.361 e. The average Bonchev–Trinajstić information content (AvgIpc) is 2.66. The van der Waals surface area contributed by atoms with Gasteiger partial charge >= 0.3 is 0 Å². The number of aromatic amines is 1. The summed E-state index contributed by atoms with van der Waals surface area (Å²) in [5.41, 5.74) is 3.95. The van der Waals surface area contributed by atoms with Crippen molar-refractivity contribution in [2.45, 2.75) is 20.3 Å². The maximum Gasteiger partial charge on any atom is 0.0460 e. The molecule has 0 unspecified atom stereocenters. The van der Waals surface area contributed by atoms with Crippen molar-refractivity contribution in [3.05, 3.63) is 42.1 Å². The number of hydrogen-bond acceptors (Lipinski definition) is 0. The number of benzene rings is 1. The van der Waals surface area contributed by atoms with Crippen LogP contribution >= 0.6 is 0 Å². The predicted octanol–water partition coefficient (Wildman–Crippen LogP) is 3.98. The van der Waals surface area contributed by atoms with E-state index in [-0.39, 0.29) is 0 Å². The number of allylic oxidation sites excluding steroid dienone is 2. The van der Waals surface area contributed by atoms with Gasteiger partial charge < -0.3 is 4.98 Å². The third-order valence-electron chi connectivity index (χ3n) is 2.66. The molecule has 0 saturated heterocycles. The molecule has 0 bridgehead atoms. The fourth-order valence-electron chi connectivity index (χ4n) is 1.82. The lowest BCUT2D eigenvalue weighted by atomic mass is 10.0. The Morgan fingerprint density at radius 3 is 2.93 bits per heavy atom. The van der Waals surface area contributed by atoms with Crippen LogP contribution in [-0.4, -0.2) is 4.98 Å². The molecule has 1 heteroatoms. The summed E-state index contributed by atoms with van der Waals surface area (Å²) in [6, 6.07) is 8.67. The molecule has 0 atom stereocenters. The number of hydrogen-bond donors (Lipinski definition) is 1. The number of rotatable bonds is 2. The summed E-state index contributed by atoms with van der Waals surface area (Å²) in [5, 5.41) is 1.28. The molecule has 0 aliphatic heterocycles. The molecule has 1 heterocycles. The summed E-state index contributed by atoms with van der Waals surface area (Å²) in [6.07, 6.45) is 5.25. The quantitative estimate of drug-likeness (QED) is 0.728. The Bertz CT molecular complexity index is 463. The summed E-state index contributed by atoms with van der Waals surface area (Å²) in [6.45, 7) is 4.28. The van der Waals surface area contributed by atoms with E-state index >= 15 is 0 Å². The molecule has 2 rings (SSSR count). The van der Waals surface area contributed by atoms with Gasteiger partial charge in [0, 0.05) is 11.7 Å². The number of aromatic nitrogens is 1. The standard InChI is InChI=1S/C13H15N/c1-3-10(4-2)12-6-5-11-7-8-14-13(11)9-12/h3,5-9,14H,4H2,1-2H3. The molecule has 0 radical (unpaired) electrons. The van der Waals surface area contributed by atoms with Gasteiger partial charge in [-0.05, 0) is 42.0 Å². The fraction of sp³-hybridized carbons (Fsp3) is 0.231. The van der Waals surface area contributed by atoms with Crippen LogP contribution in [0.15, 0.2) is 36.5 Å². The lowest BCUT2D eigenvalue weighted by Gasteiger charge is -2.03. The highest BCUT2D eigenvalue weighted by Crippen LogP contribution is 2.22. The van der Waals surface area contributed by atoms with Crippen LogP contribution in [0.3, 0.4) is 0 Å².